The Labute approximate surface area is 150 Å². The van der Waals surface area contributed by atoms with Crippen molar-refractivity contribution in [1.29, 1.82) is 0 Å². The van der Waals surface area contributed by atoms with Crippen molar-refractivity contribution in [3.63, 3.8) is 0 Å². The van der Waals surface area contributed by atoms with Gasteiger partial charge in [-0.1, -0.05) is 42.1 Å². The first-order chi connectivity index (χ1) is 12.1. The van der Waals surface area contributed by atoms with Crippen LogP contribution in [0.3, 0.4) is 0 Å². The predicted molar refractivity (Wildman–Crippen MR) is 101 cm³/mol. The maximum atomic E-state index is 12.6. The molecule has 0 unspecified atom stereocenters. The summed E-state index contributed by atoms with van der Waals surface area (Å²) in [5.74, 6) is 0.899. The van der Waals surface area contributed by atoms with E-state index in [4.69, 9.17) is 0 Å². The monoisotopic (exact) mass is 352 g/mol. The number of thioether (sulfide) groups is 1. The molecule has 1 aliphatic carbocycles. The molecule has 1 aliphatic rings. The van der Waals surface area contributed by atoms with Crippen LogP contribution < -0.4 is 5.32 Å². The van der Waals surface area contributed by atoms with Gasteiger partial charge >= 0.3 is 0 Å². The Kier molecular flexibility index (Phi) is 4.21. The van der Waals surface area contributed by atoms with Gasteiger partial charge in [0.15, 0.2) is 5.16 Å². The SMILES string of the molecule is Cc1nnc(S[C@H](C)C(=O)Nc2ccc3ccccc3c2)n1C1CC1. The largest absolute Gasteiger partial charge is 0.325 e. The molecular weight excluding hydrogens is 332 g/mol. The quantitative estimate of drug-likeness (QED) is 0.699. The Morgan fingerprint density at radius 3 is 2.72 bits per heavy atom. The number of anilines is 1. The molecular formula is C19H20N4OS. The summed E-state index contributed by atoms with van der Waals surface area (Å²) < 4.78 is 2.16. The standard InChI is InChI=1S/C19H20N4OS/c1-12(25-19-22-21-13(2)23(19)17-9-10-17)18(24)20-16-8-7-14-5-3-4-6-15(14)11-16/h3-8,11-12,17H,9-10H2,1-2H3,(H,20,24)/t12-/m1/s1. The highest BCUT2D eigenvalue weighted by Crippen LogP contribution is 2.39. The van der Waals surface area contributed by atoms with Gasteiger partial charge in [0, 0.05) is 11.7 Å². The molecule has 6 heteroatoms. The Balaban J connectivity index is 1.46. The van der Waals surface area contributed by atoms with Crippen LogP contribution in [0.25, 0.3) is 10.8 Å². The average molecular weight is 352 g/mol. The van der Waals surface area contributed by atoms with E-state index in [1.54, 1.807) is 0 Å². The number of fused-ring (bicyclic) bond motifs is 1. The van der Waals surface area contributed by atoms with Crippen LogP contribution in [-0.2, 0) is 4.79 Å². The molecule has 4 rings (SSSR count). The zero-order valence-electron chi connectivity index (χ0n) is 14.3. The van der Waals surface area contributed by atoms with Crippen LogP contribution in [0.5, 0.6) is 0 Å². The molecule has 1 atom stereocenters. The van der Waals surface area contributed by atoms with E-state index in [-0.39, 0.29) is 11.2 Å². The molecule has 1 heterocycles. The number of aromatic nitrogens is 3. The molecule has 0 spiro atoms. The van der Waals surface area contributed by atoms with Gasteiger partial charge in [-0.25, -0.2) is 0 Å². The lowest BCUT2D eigenvalue weighted by Crippen LogP contribution is -2.23. The van der Waals surface area contributed by atoms with Gasteiger partial charge in [-0.3, -0.25) is 4.79 Å². The molecule has 0 bridgehead atoms. The fraction of sp³-hybridized carbons (Fsp3) is 0.316. The van der Waals surface area contributed by atoms with Gasteiger partial charge < -0.3 is 9.88 Å². The van der Waals surface area contributed by atoms with E-state index in [9.17, 15) is 4.79 Å². The highest BCUT2D eigenvalue weighted by atomic mass is 32.2. The third-order valence-corrected chi connectivity index (χ3v) is 5.47. The van der Waals surface area contributed by atoms with Crippen LogP contribution in [0.1, 0.15) is 31.6 Å². The topological polar surface area (TPSA) is 59.8 Å². The lowest BCUT2D eigenvalue weighted by Gasteiger charge is -2.13. The summed E-state index contributed by atoms with van der Waals surface area (Å²) in [5.41, 5.74) is 0.816. The Bertz CT molecular complexity index is 932. The second-order valence-electron chi connectivity index (χ2n) is 6.44. The van der Waals surface area contributed by atoms with Crippen LogP contribution in [-0.4, -0.2) is 25.9 Å². The number of aryl methyl sites for hydroxylation is 1. The lowest BCUT2D eigenvalue weighted by molar-refractivity contribution is -0.115. The molecule has 5 nitrogen and oxygen atoms in total. The van der Waals surface area contributed by atoms with Crippen LogP contribution in [0, 0.1) is 6.92 Å². The number of hydrogen-bond acceptors (Lipinski definition) is 4. The number of nitrogens with zero attached hydrogens (tertiary/aromatic N) is 3. The van der Waals surface area contributed by atoms with Crippen molar-refractivity contribution in [2.75, 3.05) is 5.32 Å². The van der Waals surface area contributed by atoms with Gasteiger partial charge in [-0.2, -0.15) is 0 Å². The molecule has 0 aliphatic heterocycles. The number of hydrogen-bond donors (Lipinski definition) is 1. The minimum absolute atomic E-state index is 0.0247. The van der Waals surface area contributed by atoms with E-state index < -0.39 is 0 Å². The van der Waals surface area contributed by atoms with E-state index in [1.165, 1.54) is 24.6 Å². The lowest BCUT2D eigenvalue weighted by atomic mass is 10.1. The normalized spacial score (nSPS) is 15.3. The first-order valence-corrected chi connectivity index (χ1v) is 9.37. The number of carbonyl (C=O) groups excluding carboxylic acids is 1. The van der Waals surface area contributed by atoms with Gasteiger partial charge in [0.25, 0.3) is 0 Å². The predicted octanol–water partition coefficient (Wildman–Crippen LogP) is 4.19. The number of carbonyl (C=O) groups is 1. The zero-order valence-corrected chi connectivity index (χ0v) is 15.1. The number of nitrogens with one attached hydrogen (secondary N) is 1. The number of amides is 1. The van der Waals surface area contributed by atoms with Gasteiger partial charge in [0.1, 0.15) is 5.82 Å². The van der Waals surface area contributed by atoms with Crippen LogP contribution in [0.2, 0.25) is 0 Å². The maximum absolute atomic E-state index is 12.6. The molecule has 0 radical (unpaired) electrons. The molecule has 1 amide bonds. The summed E-state index contributed by atoms with van der Waals surface area (Å²) >= 11 is 1.47. The van der Waals surface area contributed by atoms with Crippen molar-refractivity contribution in [3.05, 3.63) is 48.3 Å². The van der Waals surface area contributed by atoms with Gasteiger partial charge in [-0.05, 0) is 49.6 Å². The Morgan fingerprint density at radius 1 is 1.20 bits per heavy atom. The zero-order chi connectivity index (χ0) is 17.4. The van der Waals surface area contributed by atoms with E-state index in [0.29, 0.717) is 6.04 Å². The van der Waals surface area contributed by atoms with Crippen molar-refractivity contribution in [2.24, 2.45) is 0 Å². The Hall–Kier alpha value is -2.34. The molecule has 128 valence electrons. The molecule has 1 saturated carbocycles. The van der Waals surface area contributed by atoms with Crippen LogP contribution >= 0.6 is 11.8 Å². The molecule has 1 N–H and O–H groups in total. The Morgan fingerprint density at radius 2 is 1.96 bits per heavy atom. The molecule has 3 aromatic rings. The summed E-state index contributed by atoms with van der Waals surface area (Å²) in [5, 5.41) is 14.3. The summed E-state index contributed by atoms with van der Waals surface area (Å²) in [4.78, 5) is 12.6. The van der Waals surface area contributed by atoms with E-state index in [0.717, 1.165) is 27.4 Å². The third-order valence-electron chi connectivity index (χ3n) is 4.42. The summed E-state index contributed by atoms with van der Waals surface area (Å²) in [6.07, 6.45) is 2.34. The molecule has 2 aromatic carbocycles. The summed E-state index contributed by atoms with van der Waals surface area (Å²) in [7, 11) is 0. The van der Waals surface area contributed by atoms with Gasteiger partial charge in [0.05, 0.1) is 5.25 Å². The highest BCUT2D eigenvalue weighted by molar-refractivity contribution is 8.00. The number of benzene rings is 2. The summed E-state index contributed by atoms with van der Waals surface area (Å²) in [6, 6.07) is 14.6. The molecule has 0 saturated heterocycles. The smallest absolute Gasteiger partial charge is 0.237 e. The van der Waals surface area contributed by atoms with E-state index >= 15 is 0 Å². The van der Waals surface area contributed by atoms with E-state index in [2.05, 4.69) is 26.1 Å². The minimum atomic E-state index is -0.243. The fourth-order valence-electron chi connectivity index (χ4n) is 2.91. The van der Waals surface area contributed by atoms with Crippen molar-refractivity contribution in [3.8, 4) is 0 Å². The second-order valence-corrected chi connectivity index (χ2v) is 7.75. The molecule has 25 heavy (non-hydrogen) atoms. The first kappa shape index (κ1) is 16.1. The van der Waals surface area contributed by atoms with Crippen LogP contribution in [0.4, 0.5) is 5.69 Å². The van der Waals surface area contributed by atoms with Crippen molar-refractivity contribution in [2.45, 2.75) is 43.1 Å². The first-order valence-electron chi connectivity index (χ1n) is 8.49. The van der Waals surface area contributed by atoms with E-state index in [1.807, 2.05) is 50.2 Å². The second kappa shape index (κ2) is 6.52. The van der Waals surface area contributed by atoms with Crippen molar-refractivity contribution < 1.29 is 4.79 Å². The van der Waals surface area contributed by atoms with Gasteiger partial charge in [-0.15, -0.1) is 10.2 Å². The van der Waals surface area contributed by atoms with Crippen molar-refractivity contribution in [1.82, 2.24) is 14.8 Å². The molecule has 1 aromatic heterocycles. The van der Waals surface area contributed by atoms with Crippen LogP contribution in [0.15, 0.2) is 47.6 Å². The number of rotatable bonds is 5. The average Bonchev–Trinajstić information content (AvgIpc) is 3.38. The summed E-state index contributed by atoms with van der Waals surface area (Å²) in [6.45, 7) is 3.87. The fourth-order valence-corrected chi connectivity index (χ4v) is 3.87. The highest BCUT2D eigenvalue weighted by Gasteiger charge is 2.29. The minimum Gasteiger partial charge on any atom is -0.325 e. The van der Waals surface area contributed by atoms with Gasteiger partial charge in [0.2, 0.25) is 5.91 Å². The maximum Gasteiger partial charge on any atom is 0.237 e. The van der Waals surface area contributed by atoms with Crippen molar-refractivity contribution >= 4 is 34.1 Å². The molecule has 1 fully saturated rings. The third kappa shape index (κ3) is 3.39.